The van der Waals surface area contributed by atoms with E-state index in [1.807, 2.05) is 56.3 Å². The third-order valence-corrected chi connectivity index (χ3v) is 2.77. The number of ether oxygens (including phenoxy) is 1. The van der Waals surface area contributed by atoms with Gasteiger partial charge in [0.1, 0.15) is 5.75 Å². The molecule has 2 rings (SSSR count). The van der Waals surface area contributed by atoms with Crippen LogP contribution in [0.2, 0.25) is 0 Å². The SMILES string of the molecule is CCOc1ccc(C(=O)Nc2ccccc2)cc1C. The minimum absolute atomic E-state index is 0.114. The Morgan fingerprint density at radius 3 is 2.53 bits per heavy atom. The van der Waals surface area contributed by atoms with Crippen LogP contribution in [0.5, 0.6) is 5.75 Å². The van der Waals surface area contributed by atoms with Crippen molar-refractivity contribution in [3.63, 3.8) is 0 Å². The number of anilines is 1. The zero-order chi connectivity index (χ0) is 13.7. The van der Waals surface area contributed by atoms with Gasteiger partial charge in [-0.3, -0.25) is 4.79 Å². The molecule has 0 aliphatic carbocycles. The smallest absolute Gasteiger partial charge is 0.255 e. The van der Waals surface area contributed by atoms with Crippen molar-refractivity contribution < 1.29 is 9.53 Å². The van der Waals surface area contributed by atoms with Crippen LogP contribution < -0.4 is 10.1 Å². The van der Waals surface area contributed by atoms with E-state index in [4.69, 9.17) is 4.74 Å². The van der Waals surface area contributed by atoms with Crippen molar-refractivity contribution in [1.29, 1.82) is 0 Å². The average molecular weight is 255 g/mol. The molecule has 98 valence electrons. The lowest BCUT2D eigenvalue weighted by Crippen LogP contribution is -2.12. The van der Waals surface area contributed by atoms with Gasteiger partial charge in [0.05, 0.1) is 6.61 Å². The monoisotopic (exact) mass is 255 g/mol. The Kier molecular flexibility index (Phi) is 4.18. The summed E-state index contributed by atoms with van der Waals surface area (Å²) < 4.78 is 5.46. The van der Waals surface area contributed by atoms with E-state index < -0.39 is 0 Å². The molecule has 0 bridgehead atoms. The van der Waals surface area contributed by atoms with E-state index in [0.29, 0.717) is 12.2 Å². The van der Waals surface area contributed by atoms with E-state index >= 15 is 0 Å². The van der Waals surface area contributed by atoms with Crippen molar-refractivity contribution in [2.45, 2.75) is 13.8 Å². The first kappa shape index (κ1) is 13.1. The molecule has 0 radical (unpaired) electrons. The number of benzene rings is 2. The second-order valence-corrected chi connectivity index (χ2v) is 4.23. The van der Waals surface area contributed by atoms with E-state index in [1.165, 1.54) is 0 Å². The van der Waals surface area contributed by atoms with Crippen LogP contribution in [0.15, 0.2) is 48.5 Å². The summed E-state index contributed by atoms with van der Waals surface area (Å²) in [6, 6.07) is 14.9. The lowest BCUT2D eigenvalue weighted by atomic mass is 10.1. The van der Waals surface area contributed by atoms with Crippen molar-refractivity contribution in [1.82, 2.24) is 0 Å². The Hall–Kier alpha value is -2.29. The molecule has 1 N–H and O–H groups in total. The highest BCUT2D eigenvalue weighted by atomic mass is 16.5. The van der Waals surface area contributed by atoms with Crippen LogP contribution >= 0.6 is 0 Å². The molecule has 0 aromatic heterocycles. The van der Waals surface area contributed by atoms with Gasteiger partial charge in [-0.15, -0.1) is 0 Å². The van der Waals surface area contributed by atoms with Gasteiger partial charge in [0.25, 0.3) is 5.91 Å². The lowest BCUT2D eigenvalue weighted by molar-refractivity contribution is 0.102. The number of para-hydroxylation sites is 1. The maximum absolute atomic E-state index is 12.1. The van der Waals surface area contributed by atoms with Crippen molar-refractivity contribution >= 4 is 11.6 Å². The molecule has 1 amide bonds. The lowest BCUT2D eigenvalue weighted by Gasteiger charge is -2.09. The summed E-state index contributed by atoms with van der Waals surface area (Å²) in [5.41, 5.74) is 2.38. The second kappa shape index (κ2) is 6.05. The van der Waals surface area contributed by atoms with Crippen LogP contribution in [-0.2, 0) is 0 Å². The van der Waals surface area contributed by atoms with E-state index in [1.54, 1.807) is 6.07 Å². The first-order chi connectivity index (χ1) is 9.20. The fourth-order valence-corrected chi connectivity index (χ4v) is 1.83. The molecule has 0 unspecified atom stereocenters. The third kappa shape index (κ3) is 3.35. The minimum atomic E-state index is -0.114. The van der Waals surface area contributed by atoms with Gasteiger partial charge in [0.15, 0.2) is 0 Å². The molecule has 0 saturated heterocycles. The van der Waals surface area contributed by atoms with Crippen molar-refractivity contribution in [2.75, 3.05) is 11.9 Å². The fraction of sp³-hybridized carbons (Fsp3) is 0.188. The van der Waals surface area contributed by atoms with Gasteiger partial charge in [0.2, 0.25) is 0 Å². The standard InChI is InChI=1S/C16H17NO2/c1-3-19-15-10-9-13(11-12(15)2)16(18)17-14-7-5-4-6-8-14/h4-11H,3H2,1-2H3,(H,17,18). The Labute approximate surface area is 113 Å². The summed E-state index contributed by atoms with van der Waals surface area (Å²) in [5, 5.41) is 2.86. The van der Waals surface area contributed by atoms with Gasteiger partial charge in [-0.1, -0.05) is 18.2 Å². The highest BCUT2D eigenvalue weighted by Crippen LogP contribution is 2.19. The van der Waals surface area contributed by atoms with E-state index in [-0.39, 0.29) is 5.91 Å². The molecule has 0 heterocycles. The molecule has 2 aromatic rings. The van der Waals surface area contributed by atoms with Gasteiger partial charge in [-0.05, 0) is 49.7 Å². The maximum Gasteiger partial charge on any atom is 0.255 e. The van der Waals surface area contributed by atoms with Crippen molar-refractivity contribution in [3.8, 4) is 5.75 Å². The first-order valence-electron chi connectivity index (χ1n) is 6.30. The zero-order valence-electron chi connectivity index (χ0n) is 11.1. The van der Waals surface area contributed by atoms with Crippen molar-refractivity contribution in [2.24, 2.45) is 0 Å². The van der Waals surface area contributed by atoms with Crippen LogP contribution in [-0.4, -0.2) is 12.5 Å². The zero-order valence-corrected chi connectivity index (χ0v) is 11.1. The number of aryl methyl sites for hydroxylation is 1. The number of nitrogens with one attached hydrogen (secondary N) is 1. The summed E-state index contributed by atoms with van der Waals surface area (Å²) in [6.45, 7) is 4.50. The predicted octanol–water partition coefficient (Wildman–Crippen LogP) is 3.65. The molecule has 3 nitrogen and oxygen atoms in total. The highest BCUT2D eigenvalue weighted by molar-refractivity contribution is 6.04. The van der Waals surface area contributed by atoms with E-state index in [9.17, 15) is 4.79 Å². The number of rotatable bonds is 4. The largest absolute Gasteiger partial charge is 0.494 e. The molecule has 0 spiro atoms. The van der Waals surface area contributed by atoms with Crippen LogP contribution in [0.1, 0.15) is 22.8 Å². The topological polar surface area (TPSA) is 38.3 Å². The Balaban J connectivity index is 2.14. The molecular formula is C16H17NO2. The predicted molar refractivity (Wildman–Crippen MR) is 76.7 cm³/mol. The van der Waals surface area contributed by atoms with Gasteiger partial charge in [-0.25, -0.2) is 0 Å². The molecule has 0 aliphatic heterocycles. The molecule has 2 aromatic carbocycles. The first-order valence-corrected chi connectivity index (χ1v) is 6.30. The summed E-state index contributed by atoms with van der Waals surface area (Å²) in [6.07, 6.45) is 0. The maximum atomic E-state index is 12.1. The van der Waals surface area contributed by atoms with Crippen LogP contribution in [0.25, 0.3) is 0 Å². The van der Waals surface area contributed by atoms with Crippen LogP contribution in [0.4, 0.5) is 5.69 Å². The number of amides is 1. The number of carbonyl (C=O) groups is 1. The molecule has 3 heteroatoms. The number of hydrogen-bond acceptors (Lipinski definition) is 2. The van der Waals surface area contributed by atoms with Crippen molar-refractivity contribution in [3.05, 3.63) is 59.7 Å². The Morgan fingerprint density at radius 1 is 1.16 bits per heavy atom. The number of hydrogen-bond donors (Lipinski definition) is 1. The quantitative estimate of drug-likeness (QED) is 0.905. The van der Waals surface area contributed by atoms with E-state index in [0.717, 1.165) is 17.0 Å². The Morgan fingerprint density at radius 2 is 1.89 bits per heavy atom. The second-order valence-electron chi connectivity index (χ2n) is 4.23. The third-order valence-electron chi connectivity index (χ3n) is 2.77. The average Bonchev–Trinajstić information content (AvgIpc) is 2.42. The molecule has 0 aliphatic rings. The van der Waals surface area contributed by atoms with Gasteiger partial charge in [-0.2, -0.15) is 0 Å². The fourth-order valence-electron chi connectivity index (χ4n) is 1.83. The van der Waals surface area contributed by atoms with E-state index in [2.05, 4.69) is 5.32 Å². The summed E-state index contributed by atoms with van der Waals surface area (Å²) >= 11 is 0. The minimum Gasteiger partial charge on any atom is -0.494 e. The molecule has 19 heavy (non-hydrogen) atoms. The molecular weight excluding hydrogens is 238 g/mol. The summed E-state index contributed by atoms with van der Waals surface area (Å²) in [5.74, 6) is 0.705. The highest BCUT2D eigenvalue weighted by Gasteiger charge is 2.08. The summed E-state index contributed by atoms with van der Waals surface area (Å²) in [4.78, 5) is 12.1. The molecule has 0 atom stereocenters. The van der Waals surface area contributed by atoms with Crippen LogP contribution in [0.3, 0.4) is 0 Å². The molecule has 0 saturated carbocycles. The number of carbonyl (C=O) groups excluding carboxylic acids is 1. The van der Waals surface area contributed by atoms with Gasteiger partial charge in [0, 0.05) is 11.3 Å². The van der Waals surface area contributed by atoms with Gasteiger partial charge >= 0.3 is 0 Å². The Bertz CT molecular complexity index is 564. The van der Waals surface area contributed by atoms with Crippen LogP contribution in [0, 0.1) is 6.92 Å². The van der Waals surface area contributed by atoms with Gasteiger partial charge < -0.3 is 10.1 Å². The normalized spacial score (nSPS) is 10.0. The molecule has 0 fully saturated rings. The summed E-state index contributed by atoms with van der Waals surface area (Å²) in [7, 11) is 0.